The molecule has 0 aliphatic heterocycles. The molecule has 2 aromatic rings. The first-order chi connectivity index (χ1) is 13.3. The maximum Gasteiger partial charge on any atom is 0.311 e. The lowest BCUT2D eigenvalue weighted by Crippen LogP contribution is -2.14. The van der Waals surface area contributed by atoms with Crippen molar-refractivity contribution in [2.45, 2.75) is 33.8 Å². The van der Waals surface area contributed by atoms with Crippen LogP contribution in [-0.2, 0) is 9.53 Å². The SMILES string of the molecule is CC(C)=C[C@@H]1[C@H](C(=O)O[C@@H](C#N)c2cccc(Oc3ccccc3)c2)C1(C)C. The number of carbonyl (C=O) groups excluding carboxylic acids is 1. The van der Waals surface area contributed by atoms with E-state index in [-0.39, 0.29) is 23.2 Å². The molecule has 3 rings (SSSR count). The van der Waals surface area contributed by atoms with Gasteiger partial charge in [-0.1, -0.05) is 55.8 Å². The molecule has 0 saturated heterocycles. The van der Waals surface area contributed by atoms with Crippen molar-refractivity contribution in [1.82, 2.24) is 0 Å². The second-order valence-electron chi connectivity index (χ2n) is 8.00. The van der Waals surface area contributed by atoms with Crippen LogP contribution in [0.25, 0.3) is 0 Å². The quantitative estimate of drug-likeness (QED) is 0.471. The van der Waals surface area contributed by atoms with Gasteiger partial charge in [-0.3, -0.25) is 4.79 Å². The van der Waals surface area contributed by atoms with Gasteiger partial charge in [-0.2, -0.15) is 5.26 Å². The summed E-state index contributed by atoms with van der Waals surface area (Å²) in [7, 11) is 0. The van der Waals surface area contributed by atoms with Gasteiger partial charge in [0.2, 0.25) is 6.10 Å². The summed E-state index contributed by atoms with van der Waals surface area (Å²) in [5.41, 5.74) is 1.63. The normalized spacial score (nSPS) is 20.4. The van der Waals surface area contributed by atoms with E-state index in [1.165, 1.54) is 5.57 Å². The zero-order chi connectivity index (χ0) is 20.3. The highest BCUT2D eigenvalue weighted by Crippen LogP contribution is 2.60. The molecule has 1 fully saturated rings. The molecule has 28 heavy (non-hydrogen) atoms. The fourth-order valence-electron chi connectivity index (χ4n) is 3.52. The van der Waals surface area contributed by atoms with Gasteiger partial charge < -0.3 is 9.47 Å². The second kappa shape index (κ2) is 7.90. The van der Waals surface area contributed by atoms with Crippen molar-refractivity contribution in [3.05, 3.63) is 71.8 Å². The molecule has 0 heterocycles. The molecule has 0 amide bonds. The molecule has 0 aromatic heterocycles. The van der Waals surface area contributed by atoms with Crippen LogP contribution in [0.4, 0.5) is 0 Å². The number of nitrogens with zero attached hydrogens (tertiary/aromatic N) is 1. The fourth-order valence-corrected chi connectivity index (χ4v) is 3.52. The van der Waals surface area contributed by atoms with Gasteiger partial charge in [-0.15, -0.1) is 0 Å². The van der Waals surface area contributed by atoms with E-state index in [4.69, 9.17) is 9.47 Å². The van der Waals surface area contributed by atoms with Crippen LogP contribution >= 0.6 is 0 Å². The fraction of sp³-hybridized carbons (Fsp3) is 0.333. The van der Waals surface area contributed by atoms with Crippen LogP contribution in [-0.4, -0.2) is 5.97 Å². The van der Waals surface area contributed by atoms with E-state index in [9.17, 15) is 10.1 Å². The number of hydrogen-bond acceptors (Lipinski definition) is 4. The Labute approximate surface area is 166 Å². The number of carbonyl (C=O) groups is 1. The summed E-state index contributed by atoms with van der Waals surface area (Å²) in [6, 6.07) is 18.6. The molecule has 1 aliphatic carbocycles. The molecule has 0 radical (unpaired) electrons. The largest absolute Gasteiger partial charge is 0.457 e. The van der Waals surface area contributed by atoms with E-state index in [1.54, 1.807) is 18.2 Å². The molecular weight excluding hydrogens is 350 g/mol. The molecule has 0 N–H and O–H groups in total. The standard InChI is InChI=1S/C24H25NO3/c1-16(2)13-20-22(24(20,3)4)23(26)28-21(15-25)17-9-8-12-19(14-17)27-18-10-6-5-7-11-18/h5-14,20-22H,1-4H3/t20-,21+,22-/m1/s1. The first-order valence-electron chi connectivity index (χ1n) is 9.41. The number of rotatable bonds is 6. The third-order valence-electron chi connectivity index (χ3n) is 5.17. The average Bonchev–Trinajstić information content (AvgIpc) is 3.20. The first-order valence-corrected chi connectivity index (χ1v) is 9.41. The Balaban J connectivity index is 1.72. The summed E-state index contributed by atoms with van der Waals surface area (Å²) in [6.45, 7) is 8.15. The Bertz CT molecular complexity index is 920. The maximum atomic E-state index is 12.7. The van der Waals surface area contributed by atoms with Crippen LogP contribution in [0.1, 0.15) is 39.4 Å². The Kier molecular flexibility index (Phi) is 5.56. The van der Waals surface area contributed by atoms with Crippen molar-refractivity contribution in [1.29, 1.82) is 5.26 Å². The molecular formula is C24H25NO3. The Morgan fingerprint density at radius 1 is 1.11 bits per heavy atom. The number of nitriles is 1. The van der Waals surface area contributed by atoms with Crippen LogP contribution in [0.2, 0.25) is 0 Å². The van der Waals surface area contributed by atoms with Crippen LogP contribution in [0.5, 0.6) is 11.5 Å². The van der Waals surface area contributed by atoms with E-state index in [1.807, 2.05) is 50.2 Å². The number of allylic oxidation sites excluding steroid dienone is 2. The first kappa shape index (κ1) is 19.7. The smallest absolute Gasteiger partial charge is 0.311 e. The molecule has 0 spiro atoms. The van der Waals surface area contributed by atoms with E-state index in [2.05, 4.69) is 26.0 Å². The van der Waals surface area contributed by atoms with Gasteiger partial charge in [0.05, 0.1) is 5.92 Å². The molecule has 144 valence electrons. The van der Waals surface area contributed by atoms with Crippen molar-refractivity contribution in [3.8, 4) is 17.6 Å². The minimum Gasteiger partial charge on any atom is -0.457 e. The van der Waals surface area contributed by atoms with Crippen molar-refractivity contribution in [3.63, 3.8) is 0 Å². The number of esters is 1. The summed E-state index contributed by atoms with van der Waals surface area (Å²) >= 11 is 0. The molecule has 3 atom stereocenters. The van der Waals surface area contributed by atoms with Crippen LogP contribution in [0.15, 0.2) is 66.2 Å². The molecule has 0 bridgehead atoms. The number of ether oxygens (including phenoxy) is 2. The topological polar surface area (TPSA) is 59.3 Å². The van der Waals surface area contributed by atoms with Crippen LogP contribution in [0, 0.1) is 28.6 Å². The van der Waals surface area contributed by atoms with Gasteiger partial charge in [-0.05, 0) is 49.4 Å². The lowest BCUT2D eigenvalue weighted by atomic mass is 10.1. The number of para-hydroxylation sites is 1. The Morgan fingerprint density at radius 2 is 1.79 bits per heavy atom. The van der Waals surface area contributed by atoms with Crippen molar-refractivity contribution >= 4 is 5.97 Å². The van der Waals surface area contributed by atoms with Gasteiger partial charge in [0.25, 0.3) is 0 Å². The number of benzene rings is 2. The monoisotopic (exact) mass is 375 g/mol. The van der Waals surface area contributed by atoms with Gasteiger partial charge in [-0.25, -0.2) is 0 Å². The Morgan fingerprint density at radius 3 is 2.43 bits per heavy atom. The van der Waals surface area contributed by atoms with E-state index < -0.39 is 6.10 Å². The highest BCUT2D eigenvalue weighted by Gasteiger charge is 2.61. The molecule has 4 nitrogen and oxygen atoms in total. The predicted molar refractivity (Wildman–Crippen MR) is 108 cm³/mol. The summed E-state index contributed by atoms with van der Waals surface area (Å²) in [6.07, 6.45) is 1.15. The zero-order valence-electron chi connectivity index (χ0n) is 16.7. The third kappa shape index (κ3) is 4.26. The molecule has 1 saturated carbocycles. The van der Waals surface area contributed by atoms with Gasteiger partial charge >= 0.3 is 5.97 Å². The Hall–Kier alpha value is -3.06. The molecule has 4 heteroatoms. The highest BCUT2D eigenvalue weighted by atomic mass is 16.5. The summed E-state index contributed by atoms with van der Waals surface area (Å²) in [5, 5.41) is 9.57. The van der Waals surface area contributed by atoms with Crippen molar-refractivity contribution < 1.29 is 14.3 Å². The minimum absolute atomic E-state index is 0.146. The van der Waals surface area contributed by atoms with E-state index >= 15 is 0 Å². The summed E-state index contributed by atoms with van der Waals surface area (Å²) in [4.78, 5) is 12.7. The lowest BCUT2D eigenvalue weighted by Gasteiger charge is -2.13. The van der Waals surface area contributed by atoms with Crippen molar-refractivity contribution in [2.24, 2.45) is 17.3 Å². The maximum absolute atomic E-state index is 12.7. The molecule has 0 unspecified atom stereocenters. The third-order valence-corrected chi connectivity index (χ3v) is 5.17. The van der Waals surface area contributed by atoms with Crippen LogP contribution < -0.4 is 4.74 Å². The minimum atomic E-state index is -0.962. The van der Waals surface area contributed by atoms with Gasteiger partial charge in [0, 0.05) is 5.56 Å². The van der Waals surface area contributed by atoms with Crippen LogP contribution in [0.3, 0.4) is 0 Å². The average molecular weight is 375 g/mol. The summed E-state index contributed by atoms with van der Waals surface area (Å²) in [5.74, 6) is 0.899. The predicted octanol–water partition coefficient (Wildman–Crippen LogP) is 5.83. The van der Waals surface area contributed by atoms with Gasteiger partial charge in [0.1, 0.15) is 17.6 Å². The van der Waals surface area contributed by atoms with Gasteiger partial charge in [0.15, 0.2) is 0 Å². The van der Waals surface area contributed by atoms with Crippen molar-refractivity contribution in [2.75, 3.05) is 0 Å². The summed E-state index contributed by atoms with van der Waals surface area (Å²) < 4.78 is 11.4. The number of hydrogen-bond donors (Lipinski definition) is 0. The zero-order valence-corrected chi connectivity index (χ0v) is 16.7. The highest BCUT2D eigenvalue weighted by molar-refractivity contribution is 5.78. The second-order valence-corrected chi connectivity index (χ2v) is 8.00. The molecule has 1 aliphatic rings. The van der Waals surface area contributed by atoms with E-state index in [0.29, 0.717) is 17.1 Å². The lowest BCUT2D eigenvalue weighted by molar-refractivity contribution is -0.149. The molecule has 2 aromatic carbocycles. The van der Waals surface area contributed by atoms with E-state index in [0.717, 1.165) is 0 Å².